The van der Waals surface area contributed by atoms with Crippen LogP contribution in [0.15, 0.2) is 18.2 Å². The van der Waals surface area contributed by atoms with E-state index in [1.54, 1.807) is 7.11 Å². The van der Waals surface area contributed by atoms with Crippen molar-refractivity contribution in [2.24, 2.45) is 0 Å². The summed E-state index contributed by atoms with van der Waals surface area (Å²) in [5, 5.41) is 0. The van der Waals surface area contributed by atoms with Crippen LogP contribution >= 0.6 is 0 Å². The Hall–Kier alpha value is -1.18. The van der Waals surface area contributed by atoms with E-state index in [2.05, 4.69) is 43.9 Å². The van der Waals surface area contributed by atoms with Gasteiger partial charge in [0.2, 0.25) is 0 Å². The fraction of sp³-hybridized carbons (Fsp3) is 0.600. The van der Waals surface area contributed by atoms with Gasteiger partial charge in [-0.15, -0.1) is 0 Å². The summed E-state index contributed by atoms with van der Waals surface area (Å²) in [6.45, 7) is 9.01. The molecule has 0 radical (unpaired) electrons. The number of benzene rings is 1. The molecule has 1 heterocycles. The summed E-state index contributed by atoms with van der Waals surface area (Å²) >= 11 is 0. The van der Waals surface area contributed by atoms with Gasteiger partial charge in [-0.05, 0) is 31.9 Å². The van der Waals surface area contributed by atoms with E-state index in [0.717, 1.165) is 18.8 Å². The maximum atomic E-state index is 5.58. The van der Waals surface area contributed by atoms with Gasteiger partial charge < -0.3 is 9.64 Å². The van der Waals surface area contributed by atoms with Crippen LogP contribution in [0.4, 0.5) is 5.69 Å². The van der Waals surface area contributed by atoms with E-state index in [1.165, 1.54) is 24.1 Å². The molecular formula is C15H23NO. The number of hydrogen-bond donors (Lipinski definition) is 0. The lowest BCUT2D eigenvalue weighted by atomic mass is 9.77. The van der Waals surface area contributed by atoms with Crippen molar-refractivity contribution in [2.45, 2.75) is 39.0 Å². The summed E-state index contributed by atoms with van der Waals surface area (Å²) in [6.07, 6.45) is 2.35. The Bertz CT molecular complexity index is 396. The van der Waals surface area contributed by atoms with E-state index in [-0.39, 0.29) is 5.41 Å². The monoisotopic (exact) mass is 233 g/mol. The van der Waals surface area contributed by atoms with Crippen LogP contribution in [0, 0.1) is 0 Å². The van der Waals surface area contributed by atoms with Gasteiger partial charge in [0.1, 0.15) is 5.75 Å². The smallest absolute Gasteiger partial charge is 0.124 e. The molecule has 1 aliphatic heterocycles. The number of ether oxygens (including phenoxy) is 1. The van der Waals surface area contributed by atoms with Gasteiger partial charge in [-0.3, -0.25) is 0 Å². The average Bonchev–Trinajstić information content (AvgIpc) is 2.73. The summed E-state index contributed by atoms with van der Waals surface area (Å²) in [5.41, 5.74) is 3.07. The van der Waals surface area contributed by atoms with Crippen molar-refractivity contribution in [3.8, 4) is 5.75 Å². The number of methoxy groups -OCH3 is 1. The first kappa shape index (κ1) is 12.3. The highest BCUT2D eigenvalue weighted by Gasteiger charge is 2.41. The van der Waals surface area contributed by atoms with Gasteiger partial charge in [0.15, 0.2) is 0 Å². The highest BCUT2D eigenvalue weighted by atomic mass is 16.5. The third-order valence-electron chi connectivity index (χ3n) is 4.32. The largest absolute Gasteiger partial charge is 0.496 e. The van der Waals surface area contributed by atoms with Crippen LogP contribution in [-0.2, 0) is 5.41 Å². The van der Waals surface area contributed by atoms with Crippen molar-refractivity contribution in [2.75, 3.05) is 25.1 Å². The number of anilines is 1. The Labute approximate surface area is 105 Å². The fourth-order valence-corrected chi connectivity index (χ4v) is 3.13. The van der Waals surface area contributed by atoms with Crippen LogP contribution in [0.5, 0.6) is 5.75 Å². The highest BCUT2D eigenvalue weighted by molar-refractivity contribution is 5.67. The fourth-order valence-electron chi connectivity index (χ4n) is 3.13. The Morgan fingerprint density at radius 1 is 1.24 bits per heavy atom. The molecule has 0 spiro atoms. The molecule has 1 aromatic rings. The normalized spacial score (nSPS) is 17.1. The zero-order valence-electron chi connectivity index (χ0n) is 11.4. The van der Waals surface area contributed by atoms with Gasteiger partial charge in [0.25, 0.3) is 0 Å². The third kappa shape index (κ3) is 1.70. The van der Waals surface area contributed by atoms with Crippen molar-refractivity contribution in [1.29, 1.82) is 0 Å². The minimum atomic E-state index is 0.276. The minimum Gasteiger partial charge on any atom is -0.496 e. The van der Waals surface area contributed by atoms with Crippen LogP contribution in [-0.4, -0.2) is 20.2 Å². The van der Waals surface area contributed by atoms with Gasteiger partial charge in [-0.1, -0.05) is 19.9 Å². The summed E-state index contributed by atoms with van der Waals surface area (Å²) in [5.74, 6) is 1.06. The standard InChI is InChI=1S/C15H23NO/c1-5-15(6-2)11-16(7-3)12-9-8-10-13(17-4)14(12)15/h8-10H,5-7,11H2,1-4H3. The van der Waals surface area contributed by atoms with Crippen molar-refractivity contribution < 1.29 is 4.74 Å². The third-order valence-corrected chi connectivity index (χ3v) is 4.32. The predicted molar refractivity (Wildman–Crippen MR) is 73.1 cm³/mol. The van der Waals surface area contributed by atoms with Crippen molar-refractivity contribution in [1.82, 2.24) is 0 Å². The quantitative estimate of drug-likeness (QED) is 0.788. The van der Waals surface area contributed by atoms with E-state index in [1.807, 2.05) is 0 Å². The molecule has 2 rings (SSSR count). The van der Waals surface area contributed by atoms with Crippen LogP contribution in [0.1, 0.15) is 39.2 Å². The van der Waals surface area contributed by atoms with Gasteiger partial charge >= 0.3 is 0 Å². The summed E-state index contributed by atoms with van der Waals surface area (Å²) < 4.78 is 5.58. The Balaban J connectivity index is 2.60. The Morgan fingerprint density at radius 2 is 1.94 bits per heavy atom. The number of rotatable bonds is 4. The molecule has 1 aromatic carbocycles. The summed E-state index contributed by atoms with van der Waals surface area (Å²) in [6, 6.07) is 6.42. The molecule has 0 N–H and O–H groups in total. The molecule has 94 valence electrons. The SMILES string of the molecule is CCN1CC(CC)(CC)c2c(OC)cccc21. The first-order valence-corrected chi connectivity index (χ1v) is 6.64. The van der Waals surface area contributed by atoms with Crippen LogP contribution in [0.3, 0.4) is 0 Å². The number of likely N-dealkylation sites (N-methyl/N-ethyl adjacent to an activating group) is 1. The average molecular weight is 233 g/mol. The highest BCUT2D eigenvalue weighted by Crippen LogP contribution is 2.49. The maximum Gasteiger partial charge on any atom is 0.124 e. The Kier molecular flexibility index (Phi) is 3.32. The predicted octanol–water partition coefficient (Wildman–Crippen LogP) is 3.59. The van der Waals surface area contributed by atoms with Crippen molar-refractivity contribution in [3.63, 3.8) is 0 Å². The van der Waals surface area contributed by atoms with Crippen LogP contribution < -0.4 is 9.64 Å². The van der Waals surface area contributed by atoms with Crippen LogP contribution in [0.25, 0.3) is 0 Å². The first-order valence-electron chi connectivity index (χ1n) is 6.64. The molecule has 0 amide bonds. The maximum absolute atomic E-state index is 5.58. The molecule has 0 unspecified atom stereocenters. The van der Waals surface area contributed by atoms with E-state index in [0.29, 0.717) is 0 Å². The molecule has 0 saturated carbocycles. The molecule has 0 aromatic heterocycles. The second kappa shape index (κ2) is 4.59. The zero-order chi connectivity index (χ0) is 12.5. The molecule has 0 atom stereocenters. The van der Waals surface area contributed by atoms with E-state index >= 15 is 0 Å². The molecule has 2 heteroatoms. The molecule has 0 bridgehead atoms. The Morgan fingerprint density at radius 3 is 2.47 bits per heavy atom. The lowest BCUT2D eigenvalue weighted by Crippen LogP contribution is -2.32. The molecule has 17 heavy (non-hydrogen) atoms. The molecule has 0 fully saturated rings. The molecule has 2 nitrogen and oxygen atoms in total. The molecule has 1 aliphatic rings. The van der Waals surface area contributed by atoms with E-state index < -0.39 is 0 Å². The van der Waals surface area contributed by atoms with Crippen molar-refractivity contribution in [3.05, 3.63) is 23.8 Å². The summed E-state index contributed by atoms with van der Waals surface area (Å²) in [4.78, 5) is 2.48. The lowest BCUT2D eigenvalue weighted by molar-refractivity contribution is 0.372. The zero-order valence-corrected chi connectivity index (χ0v) is 11.4. The van der Waals surface area contributed by atoms with E-state index in [9.17, 15) is 0 Å². The van der Waals surface area contributed by atoms with Gasteiger partial charge in [-0.25, -0.2) is 0 Å². The second-order valence-electron chi connectivity index (χ2n) is 4.86. The summed E-state index contributed by atoms with van der Waals surface area (Å²) in [7, 11) is 1.78. The van der Waals surface area contributed by atoms with Gasteiger partial charge in [0.05, 0.1) is 7.11 Å². The number of fused-ring (bicyclic) bond motifs is 1. The number of nitrogens with zero attached hydrogens (tertiary/aromatic N) is 1. The topological polar surface area (TPSA) is 12.5 Å². The number of hydrogen-bond acceptors (Lipinski definition) is 2. The van der Waals surface area contributed by atoms with E-state index in [4.69, 9.17) is 4.74 Å². The molecule has 0 aliphatic carbocycles. The lowest BCUT2D eigenvalue weighted by Gasteiger charge is -2.28. The molecular weight excluding hydrogens is 210 g/mol. The van der Waals surface area contributed by atoms with Gasteiger partial charge in [0, 0.05) is 29.8 Å². The first-order chi connectivity index (χ1) is 8.22. The molecule has 0 saturated heterocycles. The van der Waals surface area contributed by atoms with Crippen molar-refractivity contribution >= 4 is 5.69 Å². The minimum absolute atomic E-state index is 0.276. The van der Waals surface area contributed by atoms with Gasteiger partial charge in [-0.2, -0.15) is 0 Å². The second-order valence-corrected chi connectivity index (χ2v) is 4.86. The van der Waals surface area contributed by atoms with Crippen LogP contribution in [0.2, 0.25) is 0 Å².